The molecule has 2 aliphatic rings. The lowest BCUT2D eigenvalue weighted by Crippen LogP contribution is -2.54. The molecule has 0 spiro atoms. The molecule has 1 saturated heterocycles. The van der Waals surface area contributed by atoms with Crippen LogP contribution in [0.2, 0.25) is 0 Å². The standard InChI is InChI=1S/C15H29N3O/c1-14(2)8-10-18(11-14)9-4-7-15(3,13(16)19)17-12-5-6-12/h12,17H,4-11H2,1-3H3,(H2,16,19). The number of carbonyl (C=O) groups excluding carboxylic acids is 1. The number of nitrogens with one attached hydrogen (secondary N) is 1. The molecule has 2 rings (SSSR count). The van der Waals surface area contributed by atoms with Gasteiger partial charge in [-0.15, -0.1) is 0 Å². The molecule has 4 nitrogen and oxygen atoms in total. The molecule has 1 atom stereocenters. The van der Waals surface area contributed by atoms with E-state index < -0.39 is 5.54 Å². The van der Waals surface area contributed by atoms with Gasteiger partial charge in [0.05, 0.1) is 5.54 Å². The van der Waals surface area contributed by atoms with E-state index in [1.165, 1.54) is 32.4 Å². The highest BCUT2D eigenvalue weighted by Gasteiger charge is 2.37. The summed E-state index contributed by atoms with van der Waals surface area (Å²) in [5.41, 5.74) is 5.51. The predicted octanol–water partition coefficient (Wildman–Crippen LogP) is 1.49. The Morgan fingerprint density at radius 1 is 1.47 bits per heavy atom. The molecule has 0 aromatic heterocycles. The Bertz CT molecular complexity index is 338. The summed E-state index contributed by atoms with van der Waals surface area (Å²) in [6, 6.07) is 0.517. The lowest BCUT2D eigenvalue weighted by molar-refractivity contribution is -0.124. The van der Waals surface area contributed by atoms with Crippen molar-refractivity contribution in [1.29, 1.82) is 0 Å². The highest BCUT2D eigenvalue weighted by Crippen LogP contribution is 2.29. The fourth-order valence-corrected chi connectivity index (χ4v) is 3.02. The topological polar surface area (TPSA) is 58.4 Å². The van der Waals surface area contributed by atoms with Gasteiger partial charge in [-0.2, -0.15) is 0 Å². The second kappa shape index (κ2) is 5.41. The molecule has 0 aromatic rings. The third-order valence-electron chi connectivity index (χ3n) is 4.55. The van der Waals surface area contributed by atoms with E-state index >= 15 is 0 Å². The van der Waals surface area contributed by atoms with Crippen LogP contribution in [0.15, 0.2) is 0 Å². The van der Waals surface area contributed by atoms with E-state index in [9.17, 15) is 4.79 Å². The molecule has 1 amide bonds. The number of amides is 1. The summed E-state index contributed by atoms with van der Waals surface area (Å²) in [4.78, 5) is 14.2. The summed E-state index contributed by atoms with van der Waals surface area (Å²) in [6.45, 7) is 10.1. The third-order valence-corrected chi connectivity index (χ3v) is 4.55. The Morgan fingerprint density at radius 2 is 2.16 bits per heavy atom. The fourth-order valence-electron chi connectivity index (χ4n) is 3.02. The van der Waals surface area contributed by atoms with Gasteiger partial charge in [0.2, 0.25) is 5.91 Å². The molecule has 0 aromatic carbocycles. The van der Waals surface area contributed by atoms with Crippen molar-refractivity contribution in [2.45, 2.75) is 64.5 Å². The molecular formula is C15H29N3O. The molecule has 1 unspecified atom stereocenters. The van der Waals surface area contributed by atoms with E-state index in [-0.39, 0.29) is 5.91 Å². The Labute approximate surface area is 117 Å². The van der Waals surface area contributed by atoms with Crippen molar-refractivity contribution in [3.05, 3.63) is 0 Å². The van der Waals surface area contributed by atoms with Gasteiger partial charge in [-0.3, -0.25) is 4.79 Å². The number of likely N-dealkylation sites (tertiary alicyclic amines) is 1. The molecule has 0 bridgehead atoms. The van der Waals surface area contributed by atoms with Crippen LogP contribution in [0.3, 0.4) is 0 Å². The lowest BCUT2D eigenvalue weighted by atomic mass is 9.93. The molecule has 1 saturated carbocycles. The first-order valence-electron chi connectivity index (χ1n) is 7.61. The smallest absolute Gasteiger partial charge is 0.237 e. The van der Waals surface area contributed by atoms with Gasteiger partial charge in [-0.25, -0.2) is 0 Å². The van der Waals surface area contributed by atoms with Crippen LogP contribution in [0.4, 0.5) is 0 Å². The van der Waals surface area contributed by atoms with Gasteiger partial charge in [0, 0.05) is 12.6 Å². The summed E-state index contributed by atoms with van der Waals surface area (Å²) in [6.07, 6.45) is 5.53. The van der Waals surface area contributed by atoms with Gasteiger partial charge in [0.1, 0.15) is 0 Å². The minimum absolute atomic E-state index is 0.207. The molecule has 1 aliphatic heterocycles. The Morgan fingerprint density at radius 3 is 2.63 bits per heavy atom. The summed E-state index contributed by atoms with van der Waals surface area (Å²) >= 11 is 0. The summed E-state index contributed by atoms with van der Waals surface area (Å²) in [5, 5.41) is 3.42. The average molecular weight is 267 g/mol. The highest BCUT2D eigenvalue weighted by atomic mass is 16.1. The van der Waals surface area contributed by atoms with Crippen LogP contribution >= 0.6 is 0 Å². The average Bonchev–Trinajstić information content (AvgIpc) is 3.02. The quantitative estimate of drug-likeness (QED) is 0.735. The minimum atomic E-state index is -0.517. The van der Waals surface area contributed by atoms with Crippen LogP contribution in [0.5, 0.6) is 0 Å². The van der Waals surface area contributed by atoms with Crippen molar-refractivity contribution in [3.63, 3.8) is 0 Å². The number of rotatable bonds is 7. The van der Waals surface area contributed by atoms with E-state index in [4.69, 9.17) is 5.73 Å². The molecule has 0 radical (unpaired) electrons. The van der Waals surface area contributed by atoms with Crippen molar-refractivity contribution < 1.29 is 4.79 Å². The van der Waals surface area contributed by atoms with Gasteiger partial charge >= 0.3 is 0 Å². The van der Waals surface area contributed by atoms with Crippen molar-refractivity contribution in [2.24, 2.45) is 11.1 Å². The first-order valence-corrected chi connectivity index (χ1v) is 7.61. The number of nitrogens with two attached hydrogens (primary N) is 1. The second-order valence-corrected chi connectivity index (χ2v) is 7.41. The van der Waals surface area contributed by atoms with Crippen molar-refractivity contribution in [1.82, 2.24) is 10.2 Å². The maximum atomic E-state index is 11.7. The first-order chi connectivity index (χ1) is 8.81. The van der Waals surface area contributed by atoms with Gasteiger partial charge in [-0.05, 0) is 57.5 Å². The molecule has 110 valence electrons. The molecule has 3 N–H and O–H groups in total. The van der Waals surface area contributed by atoms with Crippen LogP contribution in [-0.4, -0.2) is 42.0 Å². The maximum absolute atomic E-state index is 11.7. The minimum Gasteiger partial charge on any atom is -0.368 e. The Balaban J connectivity index is 1.75. The van der Waals surface area contributed by atoms with E-state index in [2.05, 4.69) is 24.1 Å². The molecular weight excluding hydrogens is 238 g/mol. The first kappa shape index (κ1) is 14.8. The monoisotopic (exact) mass is 267 g/mol. The SMILES string of the molecule is CC1(C)CCN(CCCC(C)(NC2CC2)C(N)=O)C1. The summed E-state index contributed by atoms with van der Waals surface area (Å²) in [5.74, 6) is -0.207. The van der Waals surface area contributed by atoms with Crippen LogP contribution in [0.1, 0.15) is 52.9 Å². The van der Waals surface area contributed by atoms with Gasteiger partial charge in [0.25, 0.3) is 0 Å². The zero-order chi connectivity index (χ0) is 14.1. The summed E-state index contributed by atoms with van der Waals surface area (Å²) < 4.78 is 0. The van der Waals surface area contributed by atoms with Crippen molar-refractivity contribution in [2.75, 3.05) is 19.6 Å². The molecule has 4 heteroatoms. The van der Waals surface area contributed by atoms with Crippen LogP contribution in [-0.2, 0) is 4.79 Å². The van der Waals surface area contributed by atoms with Crippen LogP contribution in [0.25, 0.3) is 0 Å². The zero-order valence-electron chi connectivity index (χ0n) is 12.7. The van der Waals surface area contributed by atoms with E-state index in [1.807, 2.05) is 6.92 Å². The third kappa shape index (κ3) is 4.18. The van der Waals surface area contributed by atoms with Gasteiger partial charge < -0.3 is 16.0 Å². The molecule has 1 heterocycles. The molecule has 1 aliphatic carbocycles. The van der Waals surface area contributed by atoms with E-state index in [0.717, 1.165) is 19.4 Å². The van der Waals surface area contributed by atoms with E-state index in [0.29, 0.717) is 11.5 Å². The number of primary amides is 1. The maximum Gasteiger partial charge on any atom is 0.237 e. The molecule has 2 fully saturated rings. The van der Waals surface area contributed by atoms with E-state index in [1.54, 1.807) is 0 Å². The lowest BCUT2D eigenvalue weighted by Gasteiger charge is -2.28. The van der Waals surface area contributed by atoms with Crippen LogP contribution < -0.4 is 11.1 Å². The summed E-state index contributed by atoms with van der Waals surface area (Å²) in [7, 11) is 0. The van der Waals surface area contributed by atoms with Crippen molar-refractivity contribution in [3.8, 4) is 0 Å². The Kier molecular flexibility index (Phi) is 4.21. The number of carbonyl (C=O) groups is 1. The zero-order valence-corrected chi connectivity index (χ0v) is 12.7. The normalized spacial score (nSPS) is 26.3. The highest BCUT2D eigenvalue weighted by molar-refractivity contribution is 5.84. The Hall–Kier alpha value is -0.610. The second-order valence-electron chi connectivity index (χ2n) is 7.41. The predicted molar refractivity (Wildman–Crippen MR) is 77.8 cm³/mol. The van der Waals surface area contributed by atoms with Gasteiger partial charge in [0.15, 0.2) is 0 Å². The van der Waals surface area contributed by atoms with Crippen molar-refractivity contribution >= 4 is 5.91 Å². The number of nitrogens with zero attached hydrogens (tertiary/aromatic N) is 1. The van der Waals surface area contributed by atoms with Gasteiger partial charge in [-0.1, -0.05) is 13.8 Å². The molecule has 19 heavy (non-hydrogen) atoms. The van der Waals surface area contributed by atoms with Crippen LogP contribution in [0, 0.1) is 5.41 Å². The fraction of sp³-hybridized carbons (Fsp3) is 0.933. The largest absolute Gasteiger partial charge is 0.368 e. The number of hydrogen-bond acceptors (Lipinski definition) is 3. The number of hydrogen-bond donors (Lipinski definition) is 2.